The second kappa shape index (κ2) is 9.54. The number of amides is 1. The van der Waals surface area contributed by atoms with Crippen LogP contribution < -0.4 is 5.32 Å². The molecule has 0 saturated carbocycles. The topological polar surface area (TPSA) is 56.1 Å². The van der Waals surface area contributed by atoms with Crippen molar-refractivity contribution >= 4 is 63.3 Å². The third kappa shape index (κ3) is 4.81. The fraction of sp³-hybridized carbons (Fsp3) is 0.300. The Hall–Kier alpha value is -1.50. The van der Waals surface area contributed by atoms with Crippen molar-refractivity contribution in [1.29, 1.82) is 0 Å². The van der Waals surface area contributed by atoms with Gasteiger partial charge >= 0.3 is 0 Å². The molecular formula is C20H19Cl4N3O2. The fourth-order valence-corrected chi connectivity index (χ4v) is 3.94. The van der Waals surface area contributed by atoms with Crippen LogP contribution in [0.25, 0.3) is 11.0 Å². The van der Waals surface area contributed by atoms with Crippen molar-refractivity contribution in [2.45, 2.75) is 19.4 Å². The summed E-state index contributed by atoms with van der Waals surface area (Å²) < 4.78 is 6.83. The van der Waals surface area contributed by atoms with Gasteiger partial charge < -0.3 is 14.6 Å². The molecule has 1 aromatic heterocycles. The Labute approximate surface area is 188 Å². The van der Waals surface area contributed by atoms with E-state index in [1.807, 2.05) is 4.57 Å². The average molecular weight is 475 g/mol. The number of methoxy groups -OCH3 is 1. The van der Waals surface area contributed by atoms with E-state index in [4.69, 9.17) is 51.1 Å². The lowest BCUT2D eigenvalue weighted by molar-refractivity contribution is -0.124. The molecule has 9 heteroatoms. The van der Waals surface area contributed by atoms with Gasteiger partial charge in [-0.25, -0.2) is 4.98 Å². The van der Waals surface area contributed by atoms with E-state index in [9.17, 15) is 4.79 Å². The molecule has 1 atom stereocenters. The molecule has 154 valence electrons. The van der Waals surface area contributed by atoms with Crippen molar-refractivity contribution in [3.8, 4) is 0 Å². The SMILES string of the molecule is COCCNC(=O)[C@@H](C)n1c(Cc2c(Cl)cccc2Cl)nc2cc(Cl)c(Cl)cc21. The third-order valence-electron chi connectivity index (χ3n) is 4.57. The molecule has 0 aliphatic heterocycles. The maximum Gasteiger partial charge on any atom is 0.242 e. The van der Waals surface area contributed by atoms with Crippen LogP contribution in [0.4, 0.5) is 0 Å². The Morgan fingerprint density at radius 2 is 1.79 bits per heavy atom. The van der Waals surface area contributed by atoms with Crippen molar-refractivity contribution in [2.24, 2.45) is 0 Å². The number of rotatable bonds is 7. The van der Waals surface area contributed by atoms with Crippen molar-refractivity contribution in [3.63, 3.8) is 0 Å². The largest absolute Gasteiger partial charge is 0.383 e. The van der Waals surface area contributed by atoms with Crippen molar-refractivity contribution < 1.29 is 9.53 Å². The number of halogens is 4. The van der Waals surface area contributed by atoms with E-state index >= 15 is 0 Å². The van der Waals surface area contributed by atoms with Crippen molar-refractivity contribution in [3.05, 3.63) is 61.8 Å². The highest BCUT2D eigenvalue weighted by atomic mass is 35.5. The smallest absolute Gasteiger partial charge is 0.242 e. The first-order chi connectivity index (χ1) is 13.8. The van der Waals surface area contributed by atoms with Crippen LogP contribution >= 0.6 is 46.4 Å². The van der Waals surface area contributed by atoms with Gasteiger partial charge in [-0.3, -0.25) is 4.79 Å². The Morgan fingerprint density at radius 3 is 2.45 bits per heavy atom. The zero-order chi connectivity index (χ0) is 21.1. The predicted octanol–water partition coefficient (Wildman–Crippen LogP) is 5.56. The summed E-state index contributed by atoms with van der Waals surface area (Å²) in [6, 6.07) is 8.16. The number of carbonyl (C=O) groups is 1. The van der Waals surface area contributed by atoms with E-state index in [1.54, 1.807) is 44.4 Å². The first kappa shape index (κ1) is 22.2. The lowest BCUT2D eigenvalue weighted by Crippen LogP contribution is -2.33. The summed E-state index contributed by atoms with van der Waals surface area (Å²) in [6.07, 6.45) is 0.345. The normalized spacial score (nSPS) is 12.3. The third-order valence-corrected chi connectivity index (χ3v) is 6.00. The first-order valence-corrected chi connectivity index (χ1v) is 10.4. The van der Waals surface area contributed by atoms with Crippen LogP contribution in [0.2, 0.25) is 20.1 Å². The lowest BCUT2D eigenvalue weighted by Gasteiger charge is -2.18. The summed E-state index contributed by atoms with van der Waals surface area (Å²) in [5.41, 5.74) is 2.07. The van der Waals surface area contributed by atoms with E-state index in [0.717, 1.165) is 5.56 Å². The van der Waals surface area contributed by atoms with Crippen LogP contribution in [0.5, 0.6) is 0 Å². The zero-order valence-corrected chi connectivity index (χ0v) is 18.8. The van der Waals surface area contributed by atoms with Gasteiger partial charge in [0.2, 0.25) is 5.91 Å². The maximum absolute atomic E-state index is 12.7. The van der Waals surface area contributed by atoms with Gasteiger partial charge in [-0.1, -0.05) is 52.5 Å². The van der Waals surface area contributed by atoms with E-state index in [0.29, 0.717) is 56.5 Å². The monoisotopic (exact) mass is 473 g/mol. The molecule has 0 fully saturated rings. The summed E-state index contributed by atoms with van der Waals surface area (Å²) >= 11 is 25.1. The van der Waals surface area contributed by atoms with Gasteiger partial charge in [-0.15, -0.1) is 0 Å². The highest BCUT2D eigenvalue weighted by Gasteiger charge is 2.23. The number of ether oxygens (including phenoxy) is 1. The Morgan fingerprint density at radius 1 is 1.14 bits per heavy atom. The molecule has 1 heterocycles. The van der Waals surface area contributed by atoms with Gasteiger partial charge in [0.15, 0.2) is 0 Å². The molecule has 0 spiro atoms. The van der Waals surface area contributed by atoms with Crippen molar-refractivity contribution in [2.75, 3.05) is 20.3 Å². The van der Waals surface area contributed by atoms with E-state index in [-0.39, 0.29) is 5.91 Å². The second-order valence-corrected chi connectivity index (χ2v) is 8.12. The maximum atomic E-state index is 12.7. The summed E-state index contributed by atoms with van der Waals surface area (Å²) in [6.45, 7) is 2.63. The molecule has 1 amide bonds. The number of hydrogen-bond donors (Lipinski definition) is 1. The van der Waals surface area contributed by atoms with Crippen molar-refractivity contribution in [1.82, 2.24) is 14.9 Å². The van der Waals surface area contributed by atoms with Gasteiger partial charge in [-0.05, 0) is 36.8 Å². The highest BCUT2D eigenvalue weighted by molar-refractivity contribution is 6.42. The number of carbonyl (C=O) groups excluding carboxylic acids is 1. The number of nitrogens with one attached hydrogen (secondary N) is 1. The number of hydrogen-bond acceptors (Lipinski definition) is 3. The number of aromatic nitrogens is 2. The molecule has 0 saturated heterocycles. The molecule has 1 N–H and O–H groups in total. The minimum absolute atomic E-state index is 0.168. The van der Waals surface area contributed by atoms with E-state index < -0.39 is 6.04 Å². The lowest BCUT2D eigenvalue weighted by atomic mass is 10.1. The van der Waals surface area contributed by atoms with E-state index in [1.165, 1.54) is 0 Å². The Bertz CT molecular complexity index is 1030. The van der Waals surface area contributed by atoms with Crippen LogP contribution in [0, 0.1) is 0 Å². The molecule has 2 aromatic carbocycles. The molecule has 3 aromatic rings. The second-order valence-electron chi connectivity index (χ2n) is 6.49. The molecule has 29 heavy (non-hydrogen) atoms. The van der Waals surface area contributed by atoms with Crippen LogP contribution in [0.15, 0.2) is 30.3 Å². The van der Waals surface area contributed by atoms with Crippen LogP contribution in [0.1, 0.15) is 24.4 Å². The quantitative estimate of drug-likeness (QED) is 0.455. The molecule has 0 aliphatic carbocycles. The van der Waals surface area contributed by atoms with Gasteiger partial charge in [0.05, 0.1) is 27.7 Å². The molecule has 5 nitrogen and oxygen atoms in total. The highest BCUT2D eigenvalue weighted by Crippen LogP contribution is 2.33. The minimum Gasteiger partial charge on any atom is -0.383 e. The van der Waals surface area contributed by atoms with Gasteiger partial charge in [0, 0.05) is 30.1 Å². The number of imidazole rings is 1. The molecule has 0 unspecified atom stereocenters. The molecule has 0 radical (unpaired) electrons. The minimum atomic E-state index is -0.551. The summed E-state index contributed by atoms with van der Waals surface area (Å²) in [5, 5.41) is 4.69. The Kier molecular flexibility index (Phi) is 7.30. The zero-order valence-electron chi connectivity index (χ0n) is 15.8. The molecular weight excluding hydrogens is 456 g/mol. The first-order valence-electron chi connectivity index (χ1n) is 8.89. The van der Waals surface area contributed by atoms with Gasteiger partial charge in [0.1, 0.15) is 11.9 Å². The molecule has 0 aliphatic rings. The molecule has 0 bridgehead atoms. The van der Waals surface area contributed by atoms with Gasteiger partial charge in [0.25, 0.3) is 0 Å². The molecule has 3 rings (SSSR count). The average Bonchev–Trinajstić information content (AvgIpc) is 3.01. The van der Waals surface area contributed by atoms with Crippen LogP contribution in [-0.4, -0.2) is 35.7 Å². The fourth-order valence-electron chi connectivity index (χ4n) is 3.10. The predicted molar refractivity (Wildman–Crippen MR) is 119 cm³/mol. The number of fused-ring (bicyclic) bond motifs is 1. The standard InChI is InChI=1S/C20H19Cl4N3O2/c1-11(20(28)25-6-7-29-2)27-18-10-16(24)15(23)9-17(18)26-19(27)8-12-13(21)4-3-5-14(12)22/h3-5,9-11H,6-8H2,1-2H3,(H,25,28)/t11-/m1/s1. The number of nitrogens with zero attached hydrogens (tertiary/aromatic N) is 2. The summed E-state index contributed by atoms with van der Waals surface area (Å²) in [5.74, 6) is 0.460. The number of benzene rings is 2. The Balaban J connectivity index is 2.08. The van der Waals surface area contributed by atoms with Crippen LogP contribution in [-0.2, 0) is 16.0 Å². The summed E-state index contributed by atoms with van der Waals surface area (Å²) in [4.78, 5) is 17.4. The van der Waals surface area contributed by atoms with E-state index in [2.05, 4.69) is 10.3 Å². The summed E-state index contributed by atoms with van der Waals surface area (Å²) in [7, 11) is 1.58. The van der Waals surface area contributed by atoms with Crippen LogP contribution in [0.3, 0.4) is 0 Å². The van der Waals surface area contributed by atoms with Gasteiger partial charge in [-0.2, -0.15) is 0 Å².